The lowest BCUT2D eigenvalue weighted by Gasteiger charge is -2.31. The van der Waals surface area contributed by atoms with E-state index in [2.05, 4.69) is 21.2 Å². The van der Waals surface area contributed by atoms with E-state index in [-0.39, 0.29) is 31.0 Å². The fraction of sp³-hybridized carbons (Fsp3) is 0.364. The molecule has 1 atom stereocenters. The standard InChI is InChI=1S/C22H24BrCl3N2O3/c1-4-19(22(30)27-13(2)3)28(11-14-5-7-17(25)18(26)9-14)21(29)12-31-20-8-6-15(24)10-16(20)23/h5-10,13,19H,4,11-12H2,1-3H3,(H,27,30). The molecule has 0 aliphatic carbocycles. The van der Waals surface area contributed by atoms with Crippen LogP contribution in [0.4, 0.5) is 0 Å². The van der Waals surface area contributed by atoms with Crippen LogP contribution in [-0.2, 0) is 16.1 Å². The van der Waals surface area contributed by atoms with Gasteiger partial charge in [-0.15, -0.1) is 0 Å². The van der Waals surface area contributed by atoms with Crippen LogP contribution in [0.15, 0.2) is 40.9 Å². The van der Waals surface area contributed by atoms with Crippen LogP contribution in [0, 0.1) is 0 Å². The highest BCUT2D eigenvalue weighted by atomic mass is 79.9. The zero-order valence-corrected chi connectivity index (χ0v) is 21.3. The first-order valence-electron chi connectivity index (χ1n) is 9.74. The van der Waals surface area contributed by atoms with Gasteiger partial charge in [0, 0.05) is 17.6 Å². The molecular weight excluding hydrogens is 527 g/mol. The van der Waals surface area contributed by atoms with E-state index in [0.717, 1.165) is 5.56 Å². The van der Waals surface area contributed by atoms with Crippen LogP contribution in [0.5, 0.6) is 5.75 Å². The van der Waals surface area contributed by atoms with Crippen molar-refractivity contribution in [1.82, 2.24) is 10.2 Å². The van der Waals surface area contributed by atoms with E-state index in [9.17, 15) is 9.59 Å². The maximum absolute atomic E-state index is 13.2. The highest BCUT2D eigenvalue weighted by molar-refractivity contribution is 9.10. The van der Waals surface area contributed by atoms with E-state index < -0.39 is 6.04 Å². The van der Waals surface area contributed by atoms with Crippen LogP contribution in [0.3, 0.4) is 0 Å². The van der Waals surface area contributed by atoms with Gasteiger partial charge >= 0.3 is 0 Å². The van der Waals surface area contributed by atoms with Crippen molar-refractivity contribution in [2.75, 3.05) is 6.61 Å². The van der Waals surface area contributed by atoms with E-state index in [0.29, 0.717) is 31.7 Å². The normalized spacial score (nSPS) is 11.9. The molecule has 1 unspecified atom stereocenters. The molecule has 0 saturated heterocycles. The summed E-state index contributed by atoms with van der Waals surface area (Å²) in [5.41, 5.74) is 0.756. The number of rotatable bonds is 9. The molecule has 0 fully saturated rings. The Kier molecular flexibility index (Phi) is 9.94. The zero-order chi connectivity index (χ0) is 23.1. The number of nitrogens with zero attached hydrogens (tertiary/aromatic N) is 1. The first kappa shape index (κ1) is 25.8. The molecule has 5 nitrogen and oxygen atoms in total. The summed E-state index contributed by atoms with van der Waals surface area (Å²) in [6.45, 7) is 5.54. The maximum Gasteiger partial charge on any atom is 0.261 e. The minimum Gasteiger partial charge on any atom is -0.483 e. The van der Waals surface area contributed by atoms with Crippen molar-refractivity contribution in [2.45, 2.75) is 45.8 Å². The number of nitrogens with one attached hydrogen (secondary N) is 1. The molecule has 2 rings (SSSR count). The van der Waals surface area contributed by atoms with E-state index in [1.54, 1.807) is 36.4 Å². The Morgan fingerprint density at radius 1 is 1.10 bits per heavy atom. The van der Waals surface area contributed by atoms with E-state index in [4.69, 9.17) is 39.5 Å². The molecule has 1 N–H and O–H groups in total. The highest BCUT2D eigenvalue weighted by Crippen LogP contribution is 2.28. The molecule has 0 radical (unpaired) electrons. The maximum atomic E-state index is 13.2. The van der Waals surface area contributed by atoms with Gasteiger partial charge in [-0.2, -0.15) is 0 Å². The van der Waals surface area contributed by atoms with E-state index in [1.165, 1.54) is 4.90 Å². The topological polar surface area (TPSA) is 58.6 Å². The number of halogens is 4. The van der Waals surface area contributed by atoms with Crippen molar-refractivity contribution in [3.05, 3.63) is 61.5 Å². The number of hydrogen-bond donors (Lipinski definition) is 1. The van der Waals surface area contributed by atoms with Crippen molar-refractivity contribution in [2.24, 2.45) is 0 Å². The molecule has 9 heteroatoms. The van der Waals surface area contributed by atoms with Gasteiger partial charge in [0.2, 0.25) is 5.91 Å². The third-order valence-corrected chi connectivity index (χ3v) is 5.99. The SMILES string of the molecule is CCC(C(=O)NC(C)C)N(Cc1ccc(Cl)c(Cl)c1)C(=O)COc1ccc(Cl)cc1Br. The molecule has 2 aromatic rings. The lowest BCUT2D eigenvalue weighted by molar-refractivity contribution is -0.143. The number of amides is 2. The second kappa shape index (κ2) is 12.0. The van der Waals surface area contributed by atoms with Crippen LogP contribution in [-0.4, -0.2) is 35.4 Å². The number of carbonyl (C=O) groups excluding carboxylic acids is 2. The summed E-state index contributed by atoms with van der Waals surface area (Å²) in [6.07, 6.45) is 0.441. The van der Waals surface area contributed by atoms with Crippen LogP contribution in [0.1, 0.15) is 32.8 Å². The van der Waals surface area contributed by atoms with Gasteiger partial charge in [-0.05, 0) is 72.1 Å². The van der Waals surface area contributed by atoms with Gasteiger partial charge in [0.1, 0.15) is 11.8 Å². The van der Waals surface area contributed by atoms with Gasteiger partial charge in [-0.25, -0.2) is 0 Å². The molecule has 0 aliphatic rings. The Morgan fingerprint density at radius 3 is 2.39 bits per heavy atom. The lowest BCUT2D eigenvalue weighted by atomic mass is 10.1. The largest absolute Gasteiger partial charge is 0.483 e. The van der Waals surface area contributed by atoms with E-state index >= 15 is 0 Å². The summed E-state index contributed by atoms with van der Waals surface area (Å²) >= 11 is 21.5. The summed E-state index contributed by atoms with van der Waals surface area (Å²) in [4.78, 5) is 27.5. The Bertz CT molecular complexity index is 940. The minimum absolute atomic E-state index is 0.0512. The Hall–Kier alpha value is -1.47. The number of hydrogen-bond acceptors (Lipinski definition) is 3. The summed E-state index contributed by atoms with van der Waals surface area (Å²) < 4.78 is 6.33. The first-order valence-corrected chi connectivity index (χ1v) is 11.7. The van der Waals surface area contributed by atoms with Crippen molar-refractivity contribution in [3.63, 3.8) is 0 Å². The predicted molar refractivity (Wildman–Crippen MR) is 129 cm³/mol. The minimum atomic E-state index is -0.665. The fourth-order valence-electron chi connectivity index (χ4n) is 2.95. The highest BCUT2D eigenvalue weighted by Gasteiger charge is 2.29. The number of carbonyl (C=O) groups is 2. The molecule has 0 aromatic heterocycles. The van der Waals surface area contributed by atoms with Crippen molar-refractivity contribution >= 4 is 62.5 Å². The Balaban J connectivity index is 2.26. The molecular formula is C22H24BrCl3N2O3. The van der Waals surface area contributed by atoms with Crippen molar-refractivity contribution in [3.8, 4) is 5.75 Å². The number of ether oxygens (including phenoxy) is 1. The zero-order valence-electron chi connectivity index (χ0n) is 17.4. The van der Waals surface area contributed by atoms with Gasteiger partial charge in [0.15, 0.2) is 6.61 Å². The second-order valence-corrected chi connectivity index (χ2v) is 9.33. The molecule has 0 bridgehead atoms. The molecule has 31 heavy (non-hydrogen) atoms. The third-order valence-electron chi connectivity index (χ3n) is 4.40. The van der Waals surface area contributed by atoms with Crippen LogP contribution in [0.2, 0.25) is 15.1 Å². The molecule has 2 aromatic carbocycles. The van der Waals surface area contributed by atoms with E-state index in [1.807, 2.05) is 20.8 Å². The summed E-state index contributed by atoms with van der Waals surface area (Å²) in [7, 11) is 0. The smallest absolute Gasteiger partial charge is 0.261 e. The molecule has 2 amide bonds. The summed E-state index contributed by atoms with van der Waals surface area (Å²) in [6, 6.07) is 9.44. The van der Waals surface area contributed by atoms with Crippen molar-refractivity contribution in [1.29, 1.82) is 0 Å². The molecule has 168 valence electrons. The summed E-state index contributed by atoms with van der Waals surface area (Å²) in [5.74, 6) is -0.0795. The van der Waals surface area contributed by atoms with Gasteiger partial charge in [0.05, 0.1) is 14.5 Å². The van der Waals surface area contributed by atoms with Gasteiger partial charge < -0.3 is 15.0 Å². The first-order chi connectivity index (χ1) is 14.6. The number of benzene rings is 2. The molecule has 0 aliphatic heterocycles. The van der Waals surface area contributed by atoms with Crippen LogP contribution in [0.25, 0.3) is 0 Å². The monoisotopic (exact) mass is 548 g/mol. The van der Waals surface area contributed by atoms with Crippen LogP contribution >= 0.6 is 50.7 Å². The van der Waals surface area contributed by atoms with Gasteiger partial charge in [-0.1, -0.05) is 47.8 Å². The summed E-state index contributed by atoms with van der Waals surface area (Å²) in [5, 5.41) is 4.23. The quantitative estimate of drug-likeness (QED) is 0.409. The second-order valence-electron chi connectivity index (χ2n) is 7.22. The van der Waals surface area contributed by atoms with Crippen LogP contribution < -0.4 is 10.1 Å². The lowest BCUT2D eigenvalue weighted by Crippen LogP contribution is -2.51. The third kappa shape index (κ3) is 7.56. The predicted octanol–water partition coefficient (Wildman–Crippen LogP) is 6.12. The van der Waals surface area contributed by atoms with Gasteiger partial charge in [-0.3, -0.25) is 9.59 Å². The molecule has 0 saturated carbocycles. The van der Waals surface area contributed by atoms with Crippen molar-refractivity contribution < 1.29 is 14.3 Å². The molecule has 0 heterocycles. The average Bonchev–Trinajstić information content (AvgIpc) is 2.69. The average molecular weight is 551 g/mol. The van der Waals surface area contributed by atoms with Gasteiger partial charge in [0.25, 0.3) is 5.91 Å². The fourth-order valence-corrected chi connectivity index (χ4v) is 4.07. The Morgan fingerprint density at radius 2 is 1.81 bits per heavy atom. The Labute approximate surface area is 206 Å². The molecule has 0 spiro atoms.